The average molecular weight is 341 g/mol. The summed E-state index contributed by atoms with van der Waals surface area (Å²) in [5, 5.41) is 3.76. The number of halogens is 1. The number of likely N-dealkylation sites (tertiary alicyclic amines) is 1. The van der Waals surface area contributed by atoms with Gasteiger partial charge in [0.25, 0.3) is 0 Å². The molecule has 112 valence electrons. The average Bonchev–Trinajstić information content (AvgIpc) is 2.48. The van der Waals surface area contributed by atoms with Gasteiger partial charge in [-0.05, 0) is 73.0 Å². The molecule has 0 aromatic heterocycles. The molecule has 1 aliphatic rings. The van der Waals surface area contributed by atoms with Crippen molar-refractivity contribution in [2.75, 3.05) is 26.7 Å². The molecule has 1 atom stereocenters. The van der Waals surface area contributed by atoms with Crippen molar-refractivity contribution in [3.8, 4) is 5.75 Å². The lowest BCUT2D eigenvalue weighted by atomic mass is 10.0. The number of rotatable bonds is 5. The number of benzene rings is 1. The number of ether oxygens (including phenoxy) is 1. The Morgan fingerprint density at radius 1 is 1.40 bits per heavy atom. The lowest BCUT2D eigenvalue weighted by molar-refractivity contribution is 0.200. The Morgan fingerprint density at radius 2 is 2.10 bits per heavy atom. The zero-order valence-electron chi connectivity index (χ0n) is 12.7. The summed E-state index contributed by atoms with van der Waals surface area (Å²) in [4.78, 5) is 2.52. The summed E-state index contributed by atoms with van der Waals surface area (Å²) in [6.07, 6.45) is 2.49. The Labute approximate surface area is 130 Å². The number of methoxy groups -OCH3 is 1. The molecule has 0 amide bonds. The Morgan fingerprint density at radius 3 is 2.65 bits per heavy atom. The van der Waals surface area contributed by atoms with Gasteiger partial charge in [-0.3, -0.25) is 0 Å². The van der Waals surface area contributed by atoms with E-state index < -0.39 is 0 Å². The first-order valence-corrected chi connectivity index (χ1v) is 8.25. The molecule has 2 rings (SSSR count). The van der Waals surface area contributed by atoms with Gasteiger partial charge in [-0.25, -0.2) is 0 Å². The highest BCUT2D eigenvalue weighted by atomic mass is 79.9. The first-order chi connectivity index (χ1) is 9.63. The first-order valence-electron chi connectivity index (χ1n) is 7.46. The van der Waals surface area contributed by atoms with E-state index in [1.165, 1.54) is 38.0 Å². The maximum Gasteiger partial charge on any atom is 0.133 e. The van der Waals surface area contributed by atoms with Crippen LogP contribution in [0.25, 0.3) is 0 Å². The third-order valence-electron chi connectivity index (χ3n) is 4.20. The second-order valence-electron chi connectivity index (χ2n) is 5.49. The molecule has 20 heavy (non-hydrogen) atoms. The Kier molecular flexibility index (Phi) is 5.87. The minimum atomic E-state index is 0.371. The van der Waals surface area contributed by atoms with Crippen LogP contribution in [0.3, 0.4) is 0 Å². The predicted octanol–water partition coefficient (Wildman–Crippen LogP) is 3.59. The maximum absolute atomic E-state index is 5.28. The highest BCUT2D eigenvalue weighted by Gasteiger charge is 2.20. The van der Waals surface area contributed by atoms with Gasteiger partial charge in [-0.1, -0.05) is 13.0 Å². The van der Waals surface area contributed by atoms with Crippen molar-refractivity contribution in [3.05, 3.63) is 28.2 Å². The van der Waals surface area contributed by atoms with E-state index in [1.54, 1.807) is 7.11 Å². The van der Waals surface area contributed by atoms with E-state index in [-0.39, 0.29) is 0 Å². The van der Waals surface area contributed by atoms with E-state index in [1.807, 2.05) is 6.07 Å². The molecule has 1 aromatic rings. The molecule has 1 unspecified atom stereocenters. The molecule has 0 aliphatic carbocycles. The van der Waals surface area contributed by atoms with Gasteiger partial charge in [0.2, 0.25) is 0 Å². The summed E-state index contributed by atoms with van der Waals surface area (Å²) in [7, 11) is 1.70. The second kappa shape index (κ2) is 7.43. The molecule has 3 nitrogen and oxygen atoms in total. The predicted molar refractivity (Wildman–Crippen MR) is 87.4 cm³/mol. The third-order valence-corrected chi connectivity index (χ3v) is 4.82. The molecular weight excluding hydrogens is 316 g/mol. The first kappa shape index (κ1) is 15.8. The monoisotopic (exact) mass is 340 g/mol. The van der Waals surface area contributed by atoms with Crippen LogP contribution < -0.4 is 10.1 Å². The minimum Gasteiger partial charge on any atom is -0.496 e. The van der Waals surface area contributed by atoms with E-state index in [2.05, 4.69) is 52.1 Å². The molecule has 1 heterocycles. The van der Waals surface area contributed by atoms with E-state index >= 15 is 0 Å². The van der Waals surface area contributed by atoms with Gasteiger partial charge in [0, 0.05) is 12.1 Å². The van der Waals surface area contributed by atoms with Crippen LogP contribution >= 0.6 is 15.9 Å². The molecule has 1 N–H and O–H groups in total. The number of hydrogen-bond donors (Lipinski definition) is 1. The van der Waals surface area contributed by atoms with E-state index in [0.29, 0.717) is 12.1 Å². The van der Waals surface area contributed by atoms with Crippen LogP contribution in [-0.4, -0.2) is 37.7 Å². The van der Waals surface area contributed by atoms with Gasteiger partial charge in [0.05, 0.1) is 11.6 Å². The summed E-state index contributed by atoms with van der Waals surface area (Å²) in [6.45, 7) is 8.08. The van der Waals surface area contributed by atoms with Crippen molar-refractivity contribution in [2.24, 2.45) is 0 Å². The summed E-state index contributed by atoms with van der Waals surface area (Å²) < 4.78 is 6.30. The van der Waals surface area contributed by atoms with Crippen molar-refractivity contribution in [3.63, 3.8) is 0 Å². The maximum atomic E-state index is 5.28. The largest absolute Gasteiger partial charge is 0.496 e. The number of piperidine rings is 1. The van der Waals surface area contributed by atoms with Crippen LogP contribution in [0.4, 0.5) is 0 Å². The number of hydrogen-bond acceptors (Lipinski definition) is 3. The molecular formula is C16H25BrN2O. The summed E-state index contributed by atoms with van der Waals surface area (Å²) in [5.41, 5.74) is 1.30. The molecule has 1 fully saturated rings. The lowest BCUT2D eigenvalue weighted by Gasteiger charge is -2.33. The van der Waals surface area contributed by atoms with Crippen LogP contribution in [0.2, 0.25) is 0 Å². The van der Waals surface area contributed by atoms with E-state index in [0.717, 1.165) is 10.2 Å². The minimum absolute atomic E-state index is 0.371. The fourth-order valence-electron chi connectivity index (χ4n) is 2.82. The zero-order valence-corrected chi connectivity index (χ0v) is 14.2. The van der Waals surface area contributed by atoms with Crippen molar-refractivity contribution in [1.29, 1.82) is 0 Å². The highest BCUT2D eigenvalue weighted by molar-refractivity contribution is 9.10. The van der Waals surface area contributed by atoms with Crippen molar-refractivity contribution >= 4 is 15.9 Å². The number of nitrogens with zero attached hydrogens (tertiary/aromatic N) is 1. The molecule has 0 saturated carbocycles. The topological polar surface area (TPSA) is 24.5 Å². The van der Waals surface area contributed by atoms with Gasteiger partial charge in [0.15, 0.2) is 0 Å². The van der Waals surface area contributed by atoms with Crippen LogP contribution in [0.5, 0.6) is 5.75 Å². The lowest BCUT2D eigenvalue weighted by Crippen LogP contribution is -2.43. The summed E-state index contributed by atoms with van der Waals surface area (Å²) in [5.74, 6) is 0.886. The van der Waals surface area contributed by atoms with Crippen LogP contribution in [-0.2, 0) is 0 Å². The van der Waals surface area contributed by atoms with Crippen molar-refractivity contribution < 1.29 is 4.74 Å². The third kappa shape index (κ3) is 3.96. The van der Waals surface area contributed by atoms with Crippen LogP contribution in [0.15, 0.2) is 22.7 Å². The van der Waals surface area contributed by atoms with E-state index in [9.17, 15) is 0 Å². The van der Waals surface area contributed by atoms with Gasteiger partial charge in [0.1, 0.15) is 5.75 Å². The fraction of sp³-hybridized carbons (Fsp3) is 0.625. The highest BCUT2D eigenvalue weighted by Crippen LogP contribution is 2.28. The molecule has 0 radical (unpaired) electrons. The standard InChI is InChI=1S/C16H25BrN2O/c1-4-19-9-7-14(8-10-19)18-12(2)13-5-6-16(20-3)15(17)11-13/h5-6,11-12,14,18H,4,7-10H2,1-3H3. The quantitative estimate of drug-likeness (QED) is 0.886. The SMILES string of the molecule is CCN1CCC(NC(C)c2ccc(OC)c(Br)c2)CC1. The Bertz CT molecular complexity index is 430. The van der Waals surface area contributed by atoms with E-state index in [4.69, 9.17) is 4.74 Å². The Hall–Kier alpha value is -0.580. The van der Waals surface area contributed by atoms with Gasteiger partial charge in [-0.15, -0.1) is 0 Å². The molecule has 4 heteroatoms. The number of nitrogens with one attached hydrogen (secondary N) is 1. The van der Waals surface area contributed by atoms with Gasteiger partial charge >= 0.3 is 0 Å². The molecule has 0 bridgehead atoms. The fourth-order valence-corrected chi connectivity index (χ4v) is 3.38. The molecule has 1 aliphatic heterocycles. The Balaban J connectivity index is 1.91. The van der Waals surface area contributed by atoms with Crippen molar-refractivity contribution in [1.82, 2.24) is 10.2 Å². The van der Waals surface area contributed by atoms with Crippen LogP contribution in [0.1, 0.15) is 38.3 Å². The zero-order chi connectivity index (χ0) is 14.5. The smallest absolute Gasteiger partial charge is 0.133 e. The molecule has 0 spiro atoms. The summed E-state index contributed by atoms with van der Waals surface area (Å²) in [6, 6.07) is 7.32. The second-order valence-corrected chi connectivity index (χ2v) is 6.35. The molecule has 1 aromatic carbocycles. The van der Waals surface area contributed by atoms with Crippen molar-refractivity contribution in [2.45, 2.75) is 38.8 Å². The molecule has 1 saturated heterocycles. The summed E-state index contributed by atoms with van der Waals surface area (Å²) >= 11 is 3.56. The normalized spacial score (nSPS) is 19.0. The van der Waals surface area contributed by atoms with Gasteiger partial charge in [-0.2, -0.15) is 0 Å². The van der Waals surface area contributed by atoms with Gasteiger partial charge < -0.3 is 15.0 Å². The van der Waals surface area contributed by atoms with Crippen LogP contribution in [0, 0.1) is 0 Å².